The van der Waals surface area contributed by atoms with E-state index in [0.29, 0.717) is 17.9 Å². The number of hydrogen-bond donors (Lipinski definition) is 1. The first-order valence-electron chi connectivity index (χ1n) is 6.61. The van der Waals surface area contributed by atoms with Crippen molar-refractivity contribution in [3.8, 4) is 11.5 Å². The standard InChI is InChI=1S/C15H22N2O4/c1-10(16-15(18)11(2)17-21-5)8-12-6-7-13(19-3)14(9-12)20-4/h6-7,9-10H,8H2,1-5H3,(H,16,18). The summed E-state index contributed by atoms with van der Waals surface area (Å²) in [5.74, 6) is 1.11. The van der Waals surface area contributed by atoms with Crippen molar-refractivity contribution < 1.29 is 19.1 Å². The second-order valence-electron chi connectivity index (χ2n) is 4.63. The van der Waals surface area contributed by atoms with Gasteiger partial charge in [0.25, 0.3) is 5.91 Å². The number of nitrogens with zero attached hydrogens (tertiary/aromatic N) is 1. The first kappa shape index (κ1) is 16.8. The van der Waals surface area contributed by atoms with E-state index in [1.165, 1.54) is 7.11 Å². The highest BCUT2D eigenvalue weighted by molar-refractivity contribution is 6.37. The maximum Gasteiger partial charge on any atom is 0.268 e. The lowest BCUT2D eigenvalue weighted by Gasteiger charge is -2.15. The first-order valence-corrected chi connectivity index (χ1v) is 6.61. The van der Waals surface area contributed by atoms with E-state index in [2.05, 4.69) is 15.3 Å². The fourth-order valence-corrected chi connectivity index (χ4v) is 1.92. The summed E-state index contributed by atoms with van der Waals surface area (Å²) in [7, 11) is 4.60. The van der Waals surface area contributed by atoms with Crippen LogP contribution in [0.5, 0.6) is 11.5 Å². The predicted octanol–water partition coefficient (Wildman–Crippen LogP) is 1.77. The van der Waals surface area contributed by atoms with Gasteiger partial charge >= 0.3 is 0 Å². The molecule has 1 aromatic rings. The van der Waals surface area contributed by atoms with E-state index >= 15 is 0 Å². The van der Waals surface area contributed by atoms with Gasteiger partial charge in [-0.2, -0.15) is 0 Å². The van der Waals surface area contributed by atoms with Gasteiger partial charge in [0.05, 0.1) is 14.2 Å². The fraction of sp³-hybridized carbons (Fsp3) is 0.467. The number of methoxy groups -OCH3 is 2. The van der Waals surface area contributed by atoms with Crippen LogP contribution in [0.1, 0.15) is 19.4 Å². The average molecular weight is 294 g/mol. The van der Waals surface area contributed by atoms with Gasteiger partial charge < -0.3 is 19.6 Å². The molecule has 0 fully saturated rings. The molecule has 0 heterocycles. The van der Waals surface area contributed by atoms with Crippen LogP contribution in [-0.2, 0) is 16.1 Å². The van der Waals surface area contributed by atoms with Crippen LogP contribution in [0.4, 0.5) is 0 Å². The minimum absolute atomic E-state index is 0.0439. The maximum absolute atomic E-state index is 11.8. The zero-order valence-corrected chi connectivity index (χ0v) is 13.1. The molecule has 0 bridgehead atoms. The summed E-state index contributed by atoms with van der Waals surface area (Å²) in [6, 6.07) is 5.65. The first-order chi connectivity index (χ1) is 10.0. The Hall–Kier alpha value is -2.24. The number of amides is 1. The lowest BCUT2D eigenvalue weighted by molar-refractivity contribution is -0.115. The molecule has 0 aliphatic rings. The Kier molecular flexibility index (Phi) is 6.52. The molecule has 6 heteroatoms. The van der Waals surface area contributed by atoms with Crippen LogP contribution in [0.15, 0.2) is 23.4 Å². The third-order valence-electron chi connectivity index (χ3n) is 2.92. The molecule has 21 heavy (non-hydrogen) atoms. The van der Waals surface area contributed by atoms with Gasteiger partial charge in [0.1, 0.15) is 12.8 Å². The summed E-state index contributed by atoms with van der Waals surface area (Å²) in [6.07, 6.45) is 0.673. The molecule has 0 aliphatic heterocycles. The lowest BCUT2D eigenvalue weighted by Crippen LogP contribution is -2.37. The van der Waals surface area contributed by atoms with Gasteiger partial charge in [-0.1, -0.05) is 11.2 Å². The molecule has 116 valence electrons. The zero-order valence-electron chi connectivity index (χ0n) is 13.1. The van der Waals surface area contributed by atoms with E-state index in [-0.39, 0.29) is 17.7 Å². The van der Waals surface area contributed by atoms with E-state index in [9.17, 15) is 4.79 Å². The molecule has 1 atom stereocenters. The van der Waals surface area contributed by atoms with Crippen molar-refractivity contribution in [2.75, 3.05) is 21.3 Å². The number of carbonyl (C=O) groups excluding carboxylic acids is 1. The van der Waals surface area contributed by atoms with Gasteiger partial charge in [-0.25, -0.2) is 0 Å². The average Bonchev–Trinajstić information content (AvgIpc) is 2.47. The van der Waals surface area contributed by atoms with Gasteiger partial charge in [0.2, 0.25) is 0 Å². The van der Waals surface area contributed by atoms with E-state index in [1.54, 1.807) is 21.1 Å². The molecular formula is C15H22N2O4. The molecule has 0 spiro atoms. The minimum Gasteiger partial charge on any atom is -0.493 e. The Morgan fingerprint density at radius 2 is 1.90 bits per heavy atom. The molecule has 1 amide bonds. The summed E-state index contributed by atoms with van der Waals surface area (Å²) in [6.45, 7) is 3.52. The third kappa shape index (κ3) is 4.98. The van der Waals surface area contributed by atoms with Crippen molar-refractivity contribution in [3.05, 3.63) is 23.8 Å². The molecular weight excluding hydrogens is 272 g/mol. The van der Waals surface area contributed by atoms with Crippen LogP contribution in [0.3, 0.4) is 0 Å². The molecule has 0 aliphatic carbocycles. The van der Waals surface area contributed by atoms with Crippen LogP contribution >= 0.6 is 0 Å². The second-order valence-corrected chi connectivity index (χ2v) is 4.63. The summed E-state index contributed by atoms with van der Waals surface area (Å²) in [4.78, 5) is 16.4. The molecule has 0 saturated heterocycles. The highest BCUT2D eigenvalue weighted by Crippen LogP contribution is 2.27. The van der Waals surface area contributed by atoms with Crippen LogP contribution in [0.2, 0.25) is 0 Å². The Balaban J connectivity index is 2.69. The van der Waals surface area contributed by atoms with E-state index in [1.807, 2.05) is 25.1 Å². The maximum atomic E-state index is 11.8. The SMILES string of the molecule is CON=C(C)C(=O)NC(C)Cc1ccc(OC)c(OC)c1. The number of benzene rings is 1. The number of hydrogen-bond acceptors (Lipinski definition) is 5. The van der Waals surface area contributed by atoms with Gasteiger partial charge in [0, 0.05) is 6.04 Å². The Bertz CT molecular complexity index is 514. The van der Waals surface area contributed by atoms with Gasteiger partial charge in [-0.05, 0) is 38.0 Å². The number of carbonyl (C=O) groups is 1. The highest BCUT2D eigenvalue weighted by Gasteiger charge is 2.12. The van der Waals surface area contributed by atoms with Crippen molar-refractivity contribution in [1.29, 1.82) is 0 Å². The Morgan fingerprint density at radius 3 is 2.48 bits per heavy atom. The highest BCUT2D eigenvalue weighted by atomic mass is 16.6. The molecule has 0 radical (unpaired) electrons. The van der Waals surface area contributed by atoms with Crippen LogP contribution in [-0.4, -0.2) is 39.0 Å². The molecule has 6 nitrogen and oxygen atoms in total. The van der Waals surface area contributed by atoms with E-state index in [4.69, 9.17) is 9.47 Å². The largest absolute Gasteiger partial charge is 0.493 e. The van der Waals surface area contributed by atoms with Crippen molar-refractivity contribution in [2.45, 2.75) is 26.3 Å². The van der Waals surface area contributed by atoms with Gasteiger partial charge in [0.15, 0.2) is 11.5 Å². The van der Waals surface area contributed by atoms with Crippen molar-refractivity contribution in [3.63, 3.8) is 0 Å². The number of rotatable bonds is 7. The normalized spacial score (nSPS) is 12.5. The smallest absolute Gasteiger partial charge is 0.268 e. The predicted molar refractivity (Wildman–Crippen MR) is 81.0 cm³/mol. The number of ether oxygens (including phenoxy) is 2. The summed E-state index contributed by atoms with van der Waals surface area (Å²) in [5, 5.41) is 6.46. The summed E-state index contributed by atoms with van der Waals surface area (Å²) < 4.78 is 10.5. The van der Waals surface area contributed by atoms with E-state index in [0.717, 1.165) is 5.56 Å². The fourth-order valence-electron chi connectivity index (χ4n) is 1.92. The molecule has 0 saturated carbocycles. The number of oxime groups is 1. The number of nitrogens with one attached hydrogen (secondary N) is 1. The van der Waals surface area contributed by atoms with Crippen LogP contribution in [0, 0.1) is 0 Å². The monoisotopic (exact) mass is 294 g/mol. The van der Waals surface area contributed by atoms with Crippen molar-refractivity contribution in [2.24, 2.45) is 5.16 Å². The molecule has 0 aromatic heterocycles. The molecule has 1 aromatic carbocycles. The Labute approximate surface area is 125 Å². The van der Waals surface area contributed by atoms with Crippen molar-refractivity contribution >= 4 is 11.6 Å². The minimum atomic E-state index is -0.246. The molecule has 1 rings (SSSR count). The molecule has 1 unspecified atom stereocenters. The molecule has 1 N–H and O–H groups in total. The quantitative estimate of drug-likeness (QED) is 0.614. The summed E-state index contributed by atoms with van der Waals surface area (Å²) >= 11 is 0. The third-order valence-corrected chi connectivity index (χ3v) is 2.92. The van der Waals surface area contributed by atoms with Gasteiger partial charge in [-0.3, -0.25) is 4.79 Å². The van der Waals surface area contributed by atoms with E-state index < -0.39 is 0 Å². The summed E-state index contributed by atoms with van der Waals surface area (Å²) in [5.41, 5.74) is 1.33. The topological polar surface area (TPSA) is 69.2 Å². The zero-order chi connectivity index (χ0) is 15.8. The van der Waals surface area contributed by atoms with Crippen molar-refractivity contribution in [1.82, 2.24) is 5.32 Å². The van der Waals surface area contributed by atoms with Gasteiger partial charge in [-0.15, -0.1) is 0 Å². The van der Waals surface area contributed by atoms with Crippen LogP contribution < -0.4 is 14.8 Å². The van der Waals surface area contributed by atoms with Crippen LogP contribution in [0.25, 0.3) is 0 Å². The lowest BCUT2D eigenvalue weighted by atomic mass is 10.1. The Morgan fingerprint density at radius 1 is 1.24 bits per heavy atom. The second kappa shape index (κ2) is 8.14.